The van der Waals surface area contributed by atoms with E-state index in [1.54, 1.807) is 0 Å². The first-order chi connectivity index (χ1) is 8.13. The van der Waals surface area contributed by atoms with E-state index >= 15 is 0 Å². The Labute approximate surface area is 98.3 Å². The summed E-state index contributed by atoms with van der Waals surface area (Å²) in [4.78, 5) is 4.58. The number of anilines is 1. The second kappa shape index (κ2) is 3.49. The summed E-state index contributed by atoms with van der Waals surface area (Å²) in [6.07, 6.45) is 1.54. The van der Waals surface area contributed by atoms with Gasteiger partial charge >= 0.3 is 0 Å². The van der Waals surface area contributed by atoms with Gasteiger partial charge in [0.1, 0.15) is 17.5 Å². The number of nitrogen functional groups attached to an aromatic ring is 1. The number of halogens is 2. The molecule has 0 unspecified atom stereocenters. The summed E-state index contributed by atoms with van der Waals surface area (Å²) in [5, 5.41) is 4.56. The molecule has 0 saturated heterocycles. The van der Waals surface area contributed by atoms with E-state index in [9.17, 15) is 8.78 Å². The summed E-state index contributed by atoms with van der Waals surface area (Å²) in [5.41, 5.74) is 5.74. The zero-order valence-electron chi connectivity index (χ0n) is 8.39. The minimum absolute atomic E-state index is 0.250. The number of fused-ring (bicyclic) bond motifs is 1. The highest BCUT2D eigenvalue weighted by molar-refractivity contribution is 7.19. The molecule has 17 heavy (non-hydrogen) atoms. The van der Waals surface area contributed by atoms with Crippen LogP contribution in [0.2, 0.25) is 0 Å². The predicted octanol–water partition coefficient (Wildman–Crippen LogP) is 2.32. The quantitative estimate of drug-likeness (QED) is 0.723. The lowest BCUT2D eigenvalue weighted by atomic mass is 10.2. The van der Waals surface area contributed by atoms with Crippen LogP contribution in [0.15, 0.2) is 24.4 Å². The highest BCUT2D eigenvalue weighted by Gasteiger charge is 2.13. The number of hydrogen-bond donors (Lipinski definition) is 1. The third-order valence-corrected chi connectivity index (χ3v) is 3.18. The molecule has 0 amide bonds. The van der Waals surface area contributed by atoms with Gasteiger partial charge in [0.2, 0.25) is 4.96 Å². The van der Waals surface area contributed by atoms with E-state index in [0.29, 0.717) is 15.8 Å². The van der Waals surface area contributed by atoms with E-state index in [4.69, 9.17) is 5.73 Å². The van der Waals surface area contributed by atoms with Crippen molar-refractivity contribution in [3.8, 4) is 10.6 Å². The molecular weight excluding hydrogens is 246 g/mol. The number of nitrogens with two attached hydrogens (primary N) is 1. The van der Waals surface area contributed by atoms with Gasteiger partial charge in [-0.2, -0.15) is 5.10 Å². The zero-order chi connectivity index (χ0) is 12.0. The molecule has 3 rings (SSSR count). The van der Waals surface area contributed by atoms with Gasteiger partial charge < -0.3 is 5.73 Å². The average molecular weight is 252 g/mol. The van der Waals surface area contributed by atoms with Gasteiger partial charge in [-0.25, -0.2) is 18.3 Å². The molecule has 0 saturated carbocycles. The van der Waals surface area contributed by atoms with Crippen molar-refractivity contribution in [2.24, 2.45) is 0 Å². The fourth-order valence-corrected chi connectivity index (χ4v) is 2.40. The van der Waals surface area contributed by atoms with E-state index in [-0.39, 0.29) is 5.56 Å². The number of rotatable bonds is 1. The molecule has 0 aliphatic carbocycles. The summed E-state index contributed by atoms with van der Waals surface area (Å²) in [7, 11) is 0. The summed E-state index contributed by atoms with van der Waals surface area (Å²) < 4.78 is 27.8. The molecule has 0 spiro atoms. The predicted molar refractivity (Wildman–Crippen MR) is 60.6 cm³/mol. The molecule has 0 aliphatic heterocycles. The van der Waals surface area contributed by atoms with Gasteiger partial charge in [0.25, 0.3) is 0 Å². The van der Waals surface area contributed by atoms with Gasteiger partial charge in [0, 0.05) is 11.6 Å². The van der Waals surface area contributed by atoms with Crippen molar-refractivity contribution in [3.05, 3.63) is 36.0 Å². The van der Waals surface area contributed by atoms with Crippen LogP contribution in [-0.4, -0.2) is 14.6 Å². The maximum atomic E-state index is 13.5. The summed E-state index contributed by atoms with van der Waals surface area (Å²) in [6, 6.07) is 3.37. The Hall–Kier alpha value is -2.02. The Balaban J connectivity index is 2.16. The lowest BCUT2D eigenvalue weighted by Crippen LogP contribution is -1.88. The zero-order valence-corrected chi connectivity index (χ0v) is 9.21. The van der Waals surface area contributed by atoms with Crippen molar-refractivity contribution in [3.63, 3.8) is 0 Å². The fourth-order valence-electron chi connectivity index (χ4n) is 1.49. The van der Waals surface area contributed by atoms with E-state index in [1.807, 2.05) is 0 Å². The summed E-state index contributed by atoms with van der Waals surface area (Å²) >= 11 is 1.19. The van der Waals surface area contributed by atoms with Gasteiger partial charge in [0.05, 0.1) is 6.20 Å². The smallest absolute Gasteiger partial charge is 0.214 e. The molecule has 0 radical (unpaired) electrons. The van der Waals surface area contributed by atoms with Gasteiger partial charge in [-0.1, -0.05) is 11.3 Å². The number of aromatic nitrogens is 3. The Morgan fingerprint density at radius 3 is 2.82 bits per heavy atom. The first-order valence-corrected chi connectivity index (χ1v) is 5.52. The van der Waals surface area contributed by atoms with Gasteiger partial charge in [-0.15, -0.1) is 0 Å². The highest BCUT2D eigenvalue weighted by atomic mass is 32.1. The first-order valence-electron chi connectivity index (χ1n) is 4.70. The van der Waals surface area contributed by atoms with Crippen LogP contribution in [-0.2, 0) is 0 Å². The molecule has 7 heteroatoms. The number of benzene rings is 1. The first kappa shape index (κ1) is 10.2. The van der Waals surface area contributed by atoms with Gasteiger partial charge in [-0.05, 0) is 12.1 Å². The minimum atomic E-state index is -0.644. The highest BCUT2D eigenvalue weighted by Crippen LogP contribution is 2.28. The van der Waals surface area contributed by atoms with E-state index in [2.05, 4.69) is 10.1 Å². The van der Waals surface area contributed by atoms with Gasteiger partial charge in [0.15, 0.2) is 5.01 Å². The number of imidazole rings is 1. The third kappa shape index (κ3) is 1.64. The monoisotopic (exact) mass is 252 g/mol. The van der Waals surface area contributed by atoms with E-state index in [0.717, 1.165) is 6.07 Å². The van der Waals surface area contributed by atoms with Crippen LogP contribution in [0.25, 0.3) is 15.5 Å². The lowest BCUT2D eigenvalue weighted by Gasteiger charge is -1.97. The van der Waals surface area contributed by atoms with Crippen molar-refractivity contribution in [2.75, 3.05) is 5.73 Å². The minimum Gasteiger partial charge on any atom is -0.382 e. The van der Waals surface area contributed by atoms with Gasteiger partial charge in [-0.3, -0.25) is 0 Å². The normalized spacial score (nSPS) is 11.2. The molecule has 0 bridgehead atoms. The Morgan fingerprint density at radius 2 is 2.12 bits per heavy atom. The Bertz CT molecular complexity index is 672. The molecule has 2 heterocycles. The maximum absolute atomic E-state index is 13.5. The fraction of sp³-hybridized carbons (Fsp3) is 0. The molecule has 0 atom stereocenters. The maximum Gasteiger partial charge on any atom is 0.214 e. The summed E-state index contributed by atoms with van der Waals surface area (Å²) in [6.45, 7) is 0. The van der Waals surface area contributed by atoms with Crippen molar-refractivity contribution < 1.29 is 8.78 Å². The van der Waals surface area contributed by atoms with Crippen LogP contribution in [0.5, 0.6) is 0 Å². The number of nitrogens with zero attached hydrogens (tertiary/aromatic N) is 3. The Morgan fingerprint density at radius 1 is 1.29 bits per heavy atom. The Kier molecular flexibility index (Phi) is 2.08. The molecule has 0 aliphatic rings. The van der Waals surface area contributed by atoms with Crippen molar-refractivity contribution in [1.82, 2.24) is 14.6 Å². The molecule has 4 nitrogen and oxygen atoms in total. The molecule has 1 aromatic carbocycles. The molecule has 0 fully saturated rings. The van der Waals surface area contributed by atoms with E-state index in [1.165, 1.54) is 34.2 Å². The standard InChI is InChI=1S/C10H6F2N4S/c11-5-1-2-6(7(12)3-5)9-15-16-4-8(13)14-10(16)17-9/h1-4H,13H2. The van der Waals surface area contributed by atoms with Crippen LogP contribution in [0, 0.1) is 11.6 Å². The number of hydrogen-bond acceptors (Lipinski definition) is 4. The second-order valence-electron chi connectivity index (χ2n) is 3.42. The topological polar surface area (TPSA) is 56.2 Å². The summed E-state index contributed by atoms with van der Waals surface area (Å²) in [5.74, 6) is -0.901. The largest absolute Gasteiger partial charge is 0.382 e. The average Bonchev–Trinajstić information content (AvgIpc) is 2.74. The van der Waals surface area contributed by atoms with Crippen molar-refractivity contribution in [2.45, 2.75) is 0 Å². The van der Waals surface area contributed by atoms with Crippen LogP contribution in [0.3, 0.4) is 0 Å². The van der Waals surface area contributed by atoms with Crippen LogP contribution in [0.1, 0.15) is 0 Å². The van der Waals surface area contributed by atoms with Crippen LogP contribution < -0.4 is 5.73 Å². The molecule has 86 valence electrons. The van der Waals surface area contributed by atoms with Crippen LogP contribution >= 0.6 is 11.3 Å². The molecule has 2 N–H and O–H groups in total. The molecule has 2 aromatic heterocycles. The van der Waals surface area contributed by atoms with E-state index < -0.39 is 11.6 Å². The second-order valence-corrected chi connectivity index (χ2v) is 4.38. The molecule has 3 aromatic rings. The molecular formula is C10H6F2N4S. The van der Waals surface area contributed by atoms with Crippen LogP contribution in [0.4, 0.5) is 14.6 Å². The van der Waals surface area contributed by atoms with Crippen molar-refractivity contribution >= 4 is 22.1 Å². The SMILES string of the molecule is Nc1cn2nc(-c3ccc(F)cc3F)sc2n1. The third-order valence-electron chi connectivity index (χ3n) is 2.22. The van der Waals surface area contributed by atoms with Crippen molar-refractivity contribution in [1.29, 1.82) is 0 Å². The lowest BCUT2D eigenvalue weighted by molar-refractivity contribution is 0.585.